The Balaban J connectivity index is 1.30. The third-order valence-corrected chi connectivity index (χ3v) is 7.78. The molecule has 1 N–H and O–H groups in total. The number of aryl methyl sites for hydroxylation is 3. The van der Waals surface area contributed by atoms with Gasteiger partial charge in [0.1, 0.15) is 11.4 Å². The summed E-state index contributed by atoms with van der Waals surface area (Å²) in [6.45, 7) is 7.29. The van der Waals surface area contributed by atoms with Gasteiger partial charge in [0, 0.05) is 36.1 Å². The highest BCUT2D eigenvalue weighted by molar-refractivity contribution is 7.10. The molecule has 0 saturated carbocycles. The molecular weight excluding hydrogens is 490 g/mol. The maximum Gasteiger partial charge on any atom is 0.275 e. The van der Waals surface area contributed by atoms with Gasteiger partial charge in [0.15, 0.2) is 18.1 Å². The molecule has 2 heterocycles. The number of anilines is 1. The Morgan fingerprint density at radius 2 is 1.70 bits per heavy atom. The van der Waals surface area contributed by atoms with Gasteiger partial charge >= 0.3 is 0 Å². The Morgan fingerprint density at radius 3 is 2.38 bits per heavy atom. The average Bonchev–Trinajstić information content (AvgIpc) is 3.40. The number of carbonyl (C=O) groups excluding carboxylic acids is 2. The molecule has 0 atom stereocenters. The van der Waals surface area contributed by atoms with Crippen LogP contribution in [0.3, 0.4) is 0 Å². The summed E-state index contributed by atoms with van der Waals surface area (Å²) in [6.07, 6.45) is 1.61. The van der Waals surface area contributed by atoms with E-state index in [1.165, 1.54) is 16.9 Å². The number of benzene rings is 2. The van der Waals surface area contributed by atoms with Crippen LogP contribution in [0.4, 0.5) is 5.69 Å². The molecule has 4 rings (SSSR count). The molecule has 196 valence electrons. The first-order chi connectivity index (χ1) is 17.8. The molecule has 1 aromatic heterocycles. The second-order valence-corrected chi connectivity index (χ2v) is 10.1. The van der Waals surface area contributed by atoms with E-state index >= 15 is 0 Å². The molecule has 1 aliphatic rings. The molecule has 1 aliphatic heterocycles. The fourth-order valence-electron chi connectivity index (χ4n) is 4.30. The summed E-state index contributed by atoms with van der Waals surface area (Å²) < 4.78 is 16.4. The number of likely N-dealkylation sites (tertiary alicyclic amines) is 1. The van der Waals surface area contributed by atoms with Crippen LogP contribution in [0, 0.1) is 20.8 Å². The van der Waals surface area contributed by atoms with E-state index in [-0.39, 0.29) is 24.3 Å². The second kappa shape index (κ2) is 11.6. The lowest BCUT2D eigenvalue weighted by molar-refractivity contribution is -0.134. The van der Waals surface area contributed by atoms with E-state index in [0.29, 0.717) is 41.7 Å². The van der Waals surface area contributed by atoms with Gasteiger partial charge < -0.3 is 24.4 Å². The number of hydrogen-bond acceptors (Lipinski definition) is 7. The van der Waals surface area contributed by atoms with Crippen molar-refractivity contribution >= 4 is 28.8 Å². The zero-order valence-corrected chi connectivity index (χ0v) is 22.7. The predicted molar refractivity (Wildman–Crippen MR) is 144 cm³/mol. The summed E-state index contributed by atoms with van der Waals surface area (Å²) in [7, 11) is 3.13. The molecule has 2 amide bonds. The van der Waals surface area contributed by atoms with E-state index in [0.717, 1.165) is 29.0 Å². The number of nitrogens with zero attached hydrogens (tertiary/aromatic N) is 2. The van der Waals surface area contributed by atoms with Crippen LogP contribution in [0.1, 0.15) is 50.9 Å². The van der Waals surface area contributed by atoms with E-state index < -0.39 is 0 Å². The lowest BCUT2D eigenvalue weighted by Crippen LogP contribution is -2.40. The van der Waals surface area contributed by atoms with E-state index in [4.69, 9.17) is 14.2 Å². The van der Waals surface area contributed by atoms with E-state index in [1.54, 1.807) is 25.7 Å². The molecule has 2 aromatic carbocycles. The van der Waals surface area contributed by atoms with Gasteiger partial charge in [0.05, 0.1) is 19.2 Å². The van der Waals surface area contributed by atoms with Crippen LogP contribution in [0.2, 0.25) is 0 Å². The minimum absolute atomic E-state index is 0.0128. The first-order valence-corrected chi connectivity index (χ1v) is 13.1. The third kappa shape index (κ3) is 6.22. The van der Waals surface area contributed by atoms with Gasteiger partial charge in [0.2, 0.25) is 0 Å². The van der Waals surface area contributed by atoms with Crippen LogP contribution in [0.15, 0.2) is 35.7 Å². The number of aromatic nitrogens is 1. The van der Waals surface area contributed by atoms with Gasteiger partial charge in [0.25, 0.3) is 11.8 Å². The van der Waals surface area contributed by atoms with Crippen LogP contribution < -0.4 is 19.5 Å². The Kier molecular flexibility index (Phi) is 8.33. The number of hydrogen-bond donors (Lipinski definition) is 1. The fourth-order valence-corrected chi connectivity index (χ4v) is 5.27. The zero-order chi connectivity index (χ0) is 26.5. The van der Waals surface area contributed by atoms with Crippen molar-refractivity contribution in [2.75, 3.05) is 39.2 Å². The number of methoxy groups -OCH3 is 2. The van der Waals surface area contributed by atoms with Crippen molar-refractivity contribution < 1.29 is 23.8 Å². The molecule has 0 radical (unpaired) electrons. The summed E-state index contributed by atoms with van der Waals surface area (Å²) >= 11 is 1.49. The molecule has 1 saturated heterocycles. The monoisotopic (exact) mass is 523 g/mol. The smallest absolute Gasteiger partial charge is 0.275 e. The topological polar surface area (TPSA) is 90.0 Å². The second-order valence-electron chi connectivity index (χ2n) is 9.24. The van der Waals surface area contributed by atoms with Crippen molar-refractivity contribution in [1.82, 2.24) is 9.88 Å². The lowest BCUT2D eigenvalue weighted by Gasteiger charge is -2.31. The van der Waals surface area contributed by atoms with Crippen LogP contribution in [-0.4, -0.2) is 55.6 Å². The van der Waals surface area contributed by atoms with Crippen molar-refractivity contribution in [1.29, 1.82) is 0 Å². The first-order valence-electron chi connectivity index (χ1n) is 12.3. The van der Waals surface area contributed by atoms with Crippen LogP contribution in [0.25, 0.3) is 0 Å². The normalized spacial score (nSPS) is 13.8. The van der Waals surface area contributed by atoms with Crippen molar-refractivity contribution in [3.8, 4) is 17.2 Å². The number of rotatable bonds is 8. The predicted octanol–water partition coefficient (Wildman–Crippen LogP) is 5.12. The number of carbonyl (C=O) groups is 2. The Labute approximate surface area is 221 Å². The number of nitrogens with one attached hydrogen (secondary N) is 1. The standard InChI is InChI=1S/C28H33N3O5S/c1-17-6-7-21(12-18(17)2)36-15-26(32)31-10-8-20(9-11-31)28-30-23(16-37-28)27(33)29-22-14-25(35-5)24(34-4)13-19(22)3/h6-7,12-14,16,20H,8-11,15H2,1-5H3,(H,29,33). The Morgan fingerprint density at radius 1 is 1.00 bits per heavy atom. The van der Waals surface area contributed by atoms with Crippen molar-refractivity contribution in [2.45, 2.75) is 39.5 Å². The van der Waals surface area contributed by atoms with Gasteiger partial charge in [-0.2, -0.15) is 0 Å². The Bertz CT molecular complexity index is 1280. The first kappa shape index (κ1) is 26.5. The highest BCUT2D eigenvalue weighted by Crippen LogP contribution is 2.34. The van der Waals surface area contributed by atoms with Crippen LogP contribution >= 0.6 is 11.3 Å². The van der Waals surface area contributed by atoms with Crippen molar-refractivity contribution in [3.05, 3.63) is 63.1 Å². The number of piperidine rings is 1. The molecule has 37 heavy (non-hydrogen) atoms. The zero-order valence-electron chi connectivity index (χ0n) is 21.9. The quantitative estimate of drug-likeness (QED) is 0.441. The van der Waals surface area contributed by atoms with Gasteiger partial charge in [-0.15, -0.1) is 11.3 Å². The SMILES string of the molecule is COc1cc(C)c(NC(=O)c2csc(C3CCN(C(=O)COc4ccc(C)c(C)c4)CC3)n2)cc1OC. The molecule has 0 bridgehead atoms. The van der Waals surface area contributed by atoms with Gasteiger partial charge in [-0.25, -0.2) is 4.98 Å². The fraction of sp³-hybridized carbons (Fsp3) is 0.393. The van der Waals surface area contributed by atoms with Gasteiger partial charge in [-0.05, 0) is 68.5 Å². The molecule has 0 spiro atoms. The summed E-state index contributed by atoms with van der Waals surface area (Å²) in [6, 6.07) is 9.42. The highest BCUT2D eigenvalue weighted by atomic mass is 32.1. The number of thiazole rings is 1. The van der Waals surface area contributed by atoms with Gasteiger partial charge in [-0.1, -0.05) is 6.07 Å². The summed E-state index contributed by atoms with van der Waals surface area (Å²) in [4.78, 5) is 32.0. The summed E-state index contributed by atoms with van der Waals surface area (Å²) in [5.41, 5.74) is 4.22. The van der Waals surface area contributed by atoms with Crippen LogP contribution in [-0.2, 0) is 4.79 Å². The summed E-state index contributed by atoms with van der Waals surface area (Å²) in [5, 5.41) is 5.64. The number of amides is 2. The van der Waals surface area contributed by atoms with E-state index in [2.05, 4.69) is 10.3 Å². The highest BCUT2D eigenvalue weighted by Gasteiger charge is 2.27. The van der Waals surface area contributed by atoms with E-state index in [1.807, 2.05) is 49.9 Å². The summed E-state index contributed by atoms with van der Waals surface area (Å²) in [5.74, 6) is 1.80. The van der Waals surface area contributed by atoms with E-state index in [9.17, 15) is 9.59 Å². The maximum absolute atomic E-state index is 12.9. The third-order valence-electron chi connectivity index (χ3n) is 6.77. The Hall–Kier alpha value is -3.59. The minimum Gasteiger partial charge on any atom is -0.493 e. The van der Waals surface area contributed by atoms with Crippen LogP contribution in [0.5, 0.6) is 17.2 Å². The molecule has 3 aromatic rings. The van der Waals surface area contributed by atoms with Gasteiger partial charge in [-0.3, -0.25) is 9.59 Å². The lowest BCUT2D eigenvalue weighted by atomic mass is 9.97. The average molecular weight is 524 g/mol. The molecule has 0 unspecified atom stereocenters. The van der Waals surface area contributed by atoms with Crippen molar-refractivity contribution in [3.63, 3.8) is 0 Å². The molecule has 9 heteroatoms. The largest absolute Gasteiger partial charge is 0.493 e. The molecule has 0 aliphatic carbocycles. The molecular formula is C28H33N3O5S. The minimum atomic E-state index is -0.270. The molecule has 1 fully saturated rings. The molecule has 8 nitrogen and oxygen atoms in total. The maximum atomic E-state index is 12.9. The van der Waals surface area contributed by atoms with Crippen molar-refractivity contribution in [2.24, 2.45) is 0 Å². The number of ether oxygens (including phenoxy) is 3.